The fourth-order valence-corrected chi connectivity index (χ4v) is 4.95. The molecule has 2 aromatic heterocycles. The van der Waals surface area contributed by atoms with Crippen molar-refractivity contribution in [1.29, 1.82) is 0 Å². The summed E-state index contributed by atoms with van der Waals surface area (Å²) in [6.07, 6.45) is 4.88. The number of aromatic nitrogens is 1. The number of nitrogens with one attached hydrogen (secondary N) is 2. The first-order valence-corrected chi connectivity index (χ1v) is 10.2. The molecule has 0 aromatic carbocycles. The molecule has 0 spiro atoms. The zero-order valence-electron chi connectivity index (χ0n) is 14.2. The molecule has 8 heteroatoms. The average molecular weight is 372 g/mol. The summed E-state index contributed by atoms with van der Waals surface area (Å²) in [5, 5.41) is 7.41. The van der Waals surface area contributed by atoms with Gasteiger partial charge in [-0.1, -0.05) is 0 Å². The second-order valence-electron chi connectivity index (χ2n) is 7.15. The molecule has 3 fully saturated rings. The molecule has 5 rings (SSSR count). The molecule has 26 heavy (non-hydrogen) atoms. The molecule has 2 amide bonds. The molecule has 2 aromatic rings. The van der Waals surface area contributed by atoms with Crippen LogP contribution in [0.5, 0.6) is 0 Å². The third-order valence-electron chi connectivity index (χ3n) is 5.49. The topological polar surface area (TPSA) is 87.5 Å². The van der Waals surface area contributed by atoms with E-state index in [9.17, 15) is 9.59 Å². The number of carbonyl (C=O) groups excluding carboxylic acids is 2. The summed E-state index contributed by atoms with van der Waals surface area (Å²) in [6.45, 7) is 0.640. The van der Waals surface area contributed by atoms with Gasteiger partial charge < -0.3 is 15.1 Å². The van der Waals surface area contributed by atoms with Crippen LogP contribution in [0.1, 0.15) is 29.8 Å². The summed E-state index contributed by atoms with van der Waals surface area (Å²) in [5.41, 5.74) is 0.970. The highest BCUT2D eigenvalue weighted by atomic mass is 32.2. The lowest BCUT2D eigenvalue weighted by molar-refractivity contribution is -0.116. The van der Waals surface area contributed by atoms with Crippen molar-refractivity contribution in [1.82, 2.24) is 15.6 Å². The van der Waals surface area contributed by atoms with Crippen LogP contribution >= 0.6 is 11.8 Å². The van der Waals surface area contributed by atoms with Gasteiger partial charge in [0.05, 0.1) is 11.9 Å². The van der Waals surface area contributed by atoms with E-state index in [-0.39, 0.29) is 17.9 Å². The van der Waals surface area contributed by atoms with Crippen LogP contribution in [0.2, 0.25) is 0 Å². The maximum absolute atomic E-state index is 12.6. The Labute approximate surface area is 154 Å². The van der Waals surface area contributed by atoms with Crippen molar-refractivity contribution in [2.45, 2.75) is 37.4 Å². The van der Waals surface area contributed by atoms with Crippen molar-refractivity contribution in [2.75, 3.05) is 23.0 Å². The van der Waals surface area contributed by atoms with Gasteiger partial charge in [-0.25, -0.2) is 4.98 Å². The number of fused-ring (bicyclic) bond motifs is 3. The van der Waals surface area contributed by atoms with Crippen LogP contribution in [0.25, 0.3) is 11.0 Å². The van der Waals surface area contributed by atoms with Gasteiger partial charge >= 0.3 is 0 Å². The lowest BCUT2D eigenvalue weighted by atomic mass is 9.95. The summed E-state index contributed by atoms with van der Waals surface area (Å²) in [7, 11) is 0. The van der Waals surface area contributed by atoms with Crippen LogP contribution in [-0.2, 0) is 4.79 Å². The molecule has 3 atom stereocenters. The molecule has 3 aliphatic heterocycles. The van der Waals surface area contributed by atoms with E-state index >= 15 is 0 Å². The van der Waals surface area contributed by atoms with E-state index in [1.165, 1.54) is 6.42 Å². The van der Waals surface area contributed by atoms with E-state index in [2.05, 4.69) is 15.6 Å². The number of hydrogen-bond donors (Lipinski definition) is 2. The Morgan fingerprint density at radius 3 is 3.08 bits per heavy atom. The SMILES string of the molecule is O=C(N[C@@H]1C[C@H]2CC[C@@H]1N2)c1cc2cc(N3CCSCC3=O)oc2cn1. The van der Waals surface area contributed by atoms with E-state index < -0.39 is 0 Å². The number of thioether (sulfide) groups is 1. The standard InChI is InChI=1S/C18H20N4O3S/c23-16-9-26-4-3-22(16)17-6-10-5-14(19-8-15(10)25-17)18(24)21-13-7-11-1-2-12(13)20-11/h5-6,8,11-13,20H,1-4,7,9H2,(H,21,24)/t11-,12+,13-/m1/s1. The third kappa shape index (κ3) is 2.77. The lowest BCUT2D eigenvalue weighted by Gasteiger charge is -2.23. The van der Waals surface area contributed by atoms with Crippen molar-refractivity contribution in [3.63, 3.8) is 0 Å². The number of carbonyl (C=O) groups is 2. The maximum Gasteiger partial charge on any atom is 0.270 e. The molecule has 0 saturated carbocycles. The molecular weight excluding hydrogens is 352 g/mol. The average Bonchev–Trinajstić information content (AvgIpc) is 3.36. The Balaban J connectivity index is 1.36. The minimum absolute atomic E-state index is 0.0509. The van der Waals surface area contributed by atoms with Gasteiger partial charge in [0.25, 0.3) is 5.91 Å². The molecule has 2 bridgehead atoms. The summed E-state index contributed by atoms with van der Waals surface area (Å²) < 4.78 is 5.78. The molecule has 0 unspecified atom stereocenters. The Morgan fingerprint density at radius 2 is 2.31 bits per heavy atom. The third-order valence-corrected chi connectivity index (χ3v) is 6.41. The predicted octanol–water partition coefficient (Wildman–Crippen LogP) is 1.53. The summed E-state index contributed by atoms with van der Waals surface area (Å²) in [6, 6.07) is 4.66. The Morgan fingerprint density at radius 1 is 1.38 bits per heavy atom. The fraction of sp³-hybridized carbons (Fsp3) is 0.500. The summed E-state index contributed by atoms with van der Waals surface area (Å²) >= 11 is 1.63. The summed E-state index contributed by atoms with van der Waals surface area (Å²) in [4.78, 5) is 30.6. The zero-order valence-corrected chi connectivity index (χ0v) is 15.1. The zero-order chi connectivity index (χ0) is 17.7. The number of nitrogens with zero attached hydrogens (tertiary/aromatic N) is 2. The second kappa shape index (κ2) is 6.28. The highest BCUT2D eigenvalue weighted by molar-refractivity contribution is 8.00. The molecule has 136 valence electrons. The summed E-state index contributed by atoms with van der Waals surface area (Å²) in [5.74, 6) is 1.80. The van der Waals surface area contributed by atoms with Crippen LogP contribution < -0.4 is 15.5 Å². The van der Waals surface area contributed by atoms with Crippen LogP contribution in [0.3, 0.4) is 0 Å². The minimum atomic E-state index is -0.153. The normalized spacial score (nSPS) is 28.1. The van der Waals surface area contributed by atoms with Gasteiger partial charge in [-0.2, -0.15) is 11.8 Å². The van der Waals surface area contributed by atoms with Gasteiger partial charge in [0.15, 0.2) is 5.58 Å². The van der Waals surface area contributed by atoms with Crippen molar-refractivity contribution in [3.05, 3.63) is 24.0 Å². The van der Waals surface area contributed by atoms with Crippen LogP contribution in [-0.4, -0.2) is 53.0 Å². The van der Waals surface area contributed by atoms with E-state index in [4.69, 9.17) is 4.42 Å². The first-order chi connectivity index (χ1) is 12.7. The van der Waals surface area contributed by atoms with Gasteiger partial charge in [-0.3, -0.25) is 14.5 Å². The van der Waals surface area contributed by atoms with Gasteiger partial charge in [0.2, 0.25) is 11.8 Å². The lowest BCUT2D eigenvalue weighted by Crippen LogP contribution is -2.43. The number of hydrogen-bond acceptors (Lipinski definition) is 6. The van der Waals surface area contributed by atoms with Crippen molar-refractivity contribution < 1.29 is 14.0 Å². The highest BCUT2D eigenvalue weighted by Gasteiger charge is 2.39. The molecule has 3 aliphatic rings. The smallest absolute Gasteiger partial charge is 0.270 e. The second-order valence-corrected chi connectivity index (χ2v) is 8.26. The Hall–Kier alpha value is -2.06. The first-order valence-electron chi connectivity index (χ1n) is 9.02. The maximum atomic E-state index is 12.6. The van der Waals surface area contributed by atoms with Gasteiger partial charge in [0.1, 0.15) is 5.69 Å². The molecule has 0 aliphatic carbocycles. The van der Waals surface area contributed by atoms with E-state index in [1.807, 2.05) is 6.07 Å². The van der Waals surface area contributed by atoms with Crippen LogP contribution in [0.4, 0.5) is 5.88 Å². The predicted molar refractivity (Wildman–Crippen MR) is 99.5 cm³/mol. The first kappa shape index (κ1) is 16.1. The quantitative estimate of drug-likeness (QED) is 0.850. The highest BCUT2D eigenvalue weighted by Crippen LogP contribution is 2.30. The largest absolute Gasteiger partial charge is 0.438 e. The molecular formula is C18H20N4O3S. The molecule has 7 nitrogen and oxygen atoms in total. The number of rotatable bonds is 3. The number of furan rings is 1. The molecule has 2 N–H and O–H groups in total. The molecule has 3 saturated heterocycles. The van der Waals surface area contributed by atoms with Gasteiger partial charge in [-0.05, 0) is 25.3 Å². The van der Waals surface area contributed by atoms with E-state index in [0.717, 1.165) is 24.0 Å². The fourth-order valence-electron chi connectivity index (χ4n) is 4.17. The van der Waals surface area contributed by atoms with Crippen molar-refractivity contribution in [2.24, 2.45) is 0 Å². The van der Waals surface area contributed by atoms with Gasteiger partial charge in [0, 0.05) is 41.9 Å². The van der Waals surface area contributed by atoms with Crippen molar-refractivity contribution in [3.8, 4) is 0 Å². The minimum Gasteiger partial charge on any atom is -0.438 e. The molecule has 5 heterocycles. The Kier molecular flexibility index (Phi) is 3.90. The number of amides is 2. The van der Waals surface area contributed by atoms with Crippen LogP contribution in [0.15, 0.2) is 22.7 Å². The molecule has 0 radical (unpaired) electrons. The monoisotopic (exact) mass is 372 g/mol. The van der Waals surface area contributed by atoms with E-state index in [0.29, 0.717) is 41.5 Å². The number of anilines is 1. The van der Waals surface area contributed by atoms with Gasteiger partial charge in [-0.15, -0.1) is 0 Å². The van der Waals surface area contributed by atoms with E-state index in [1.54, 1.807) is 28.9 Å². The number of pyridine rings is 1. The van der Waals surface area contributed by atoms with Crippen molar-refractivity contribution >= 4 is 40.4 Å². The Bertz CT molecular complexity index is 882. The van der Waals surface area contributed by atoms with Crippen LogP contribution in [0, 0.1) is 0 Å².